The Morgan fingerprint density at radius 2 is 1.61 bits per heavy atom. The minimum Gasteiger partial charge on any atom is -0.491 e. The molecule has 3 nitrogen and oxygen atoms in total. The van der Waals surface area contributed by atoms with Gasteiger partial charge in [0.15, 0.2) is 23.2 Å². The molecule has 36 heavy (non-hydrogen) atoms. The topological polar surface area (TPSA) is 35.5 Å². The first-order valence-electron chi connectivity index (χ1n) is 12.6. The number of rotatable bonds is 8. The van der Waals surface area contributed by atoms with Crippen molar-refractivity contribution in [2.24, 2.45) is 5.92 Å². The first-order valence-corrected chi connectivity index (χ1v) is 12.6. The van der Waals surface area contributed by atoms with Crippen LogP contribution >= 0.6 is 0 Å². The van der Waals surface area contributed by atoms with Gasteiger partial charge in [0.25, 0.3) is 0 Å². The smallest absolute Gasteiger partial charge is 0.343 e. The van der Waals surface area contributed by atoms with Gasteiger partial charge in [-0.1, -0.05) is 44.0 Å². The van der Waals surface area contributed by atoms with Crippen LogP contribution < -0.4 is 9.47 Å². The zero-order chi connectivity index (χ0) is 25.7. The first-order chi connectivity index (χ1) is 17.4. The van der Waals surface area contributed by atoms with Crippen molar-refractivity contribution in [1.29, 1.82) is 0 Å². The van der Waals surface area contributed by atoms with Gasteiger partial charge in [0.2, 0.25) is 0 Å². The number of hydrogen-bond donors (Lipinski definition) is 0. The van der Waals surface area contributed by atoms with Crippen molar-refractivity contribution in [3.63, 3.8) is 0 Å². The molecule has 190 valence electrons. The summed E-state index contributed by atoms with van der Waals surface area (Å²) in [5.41, 5.74) is 1.25. The fourth-order valence-electron chi connectivity index (χ4n) is 5.04. The standard InChI is InChI=1S/C30H31F3O3/c1-3-5-19-6-8-20(9-7-19)24-15-16-25(29(33)28(24)32)21-10-12-22(13-11-21)30(34)36-23-14-17-27(35-4-2)26(31)18-23/h10-20H,3-9H2,1-2H3. The summed E-state index contributed by atoms with van der Waals surface area (Å²) in [7, 11) is 0. The van der Waals surface area contributed by atoms with E-state index in [1.54, 1.807) is 31.2 Å². The number of benzene rings is 3. The Hall–Kier alpha value is -3.28. The van der Waals surface area contributed by atoms with Crippen LogP contribution in [0.4, 0.5) is 13.2 Å². The third kappa shape index (κ3) is 5.75. The van der Waals surface area contributed by atoms with Crippen LogP contribution in [0.3, 0.4) is 0 Å². The Morgan fingerprint density at radius 3 is 2.25 bits per heavy atom. The van der Waals surface area contributed by atoms with E-state index in [2.05, 4.69) is 6.92 Å². The van der Waals surface area contributed by atoms with Crippen molar-refractivity contribution in [1.82, 2.24) is 0 Å². The average molecular weight is 497 g/mol. The minimum absolute atomic E-state index is 0.0393. The molecule has 0 aliphatic heterocycles. The van der Waals surface area contributed by atoms with Gasteiger partial charge in [-0.05, 0) is 79.8 Å². The summed E-state index contributed by atoms with van der Waals surface area (Å²) in [5, 5.41) is 0. The molecule has 1 aliphatic carbocycles. The fraction of sp³-hybridized carbons (Fsp3) is 0.367. The highest BCUT2D eigenvalue weighted by atomic mass is 19.2. The second-order valence-electron chi connectivity index (χ2n) is 9.33. The third-order valence-corrected chi connectivity index (χ3v) is 6.94. The fourth-order valence-corrected chi connectivity index (χ4v) is 5.04. The second-order valence-corrected chi connectivity index (χ2v) is 9.33. The van der Waals surface area contributed by atoms with Gasteiger partial charge >= 0.3 is 5.97 Å². The molecule has 0 amide bonds. The Labute approximate surface area is 210 Å². The van der Waals surface area contributed by atoms with Gasteiger partial charge in [-0.15, -0.1) is 0 Å². The minimum atomic E-state index is -0.872. The lowest BCUT2D eigenvalue weighted by Gasteiger charge is -2.29. The molecule has 1 fully saturated rings. The van der Waals surface area contributed by atoms with E-state index in [1.165, 1.54) is 30.7 Å². The molecule has 0 aromatic heterocycles. The highest BCUT2D eigenvalue weighted by Crippen LogP contribution is 2.40. The maximum atomic E-state index is 15.1. The Morgan fingerprint density at radius 1 is 0.889 bits per heavy atom. The largest absolute Gasteiger partial charge is 0.491 e. The summed E-state index contributed by atoms with van der Waals surface area (Å²) in [6.07, 6.45) is 6.24. The van der Waals surface area contributed by atoms with Crippen molar-refractivity contribution < 1.29 is 27.4 Å². The van der Waals surface area contributed by atoms with Crippen LogP contribution in [-0.4, -0.2) is 12.6 Å². The van der Waals surface area contributed by atoms with E-state index in [-0.39, 0.29) is 28.5 Å². The SMILES string of the molecule is CCCC1CCC(c2ccc(-c3ccc(C(=O)Oc4ccc(OCC)c(F)c4)cc3)c(F)c2F)CC1. The molecule has 6 heteroatoms. The lowest BCUT2D eigenvalue weighted by atomic mass is 9.77. The third-order valence-electron chi connectivity index (χ3n) is 6.94. The van der Waals surface area contributed by atoms with E-state index in [9.17, 15) is 9.18 Å². The van der Waals surface area contributed by atoms with Crippen molar-refractivity contribution in [2.45, 2.75) is 58.3 Å². The summed E-state index contributed by atoms with van der Waals surface area (Å²) in [5.74, 6) is -2.12. The first kappa shape index (κ1) is 25.8. The number of carbonyl (C=O) groups is 1. The Kier molecular flexibility index (Phi) is 8.34. The number of carbonyl (C=O) groups excluding carboxylic acids is 1. The zero-order valence-electron chi connectivity index (χ0n) is 20.7. The molecule has 0 unspecified atom stereocenters. The molecule has 1 aliphatic rings. The molecule has 0 heterocycles. The normalized spacial score (nSPS) is 17.6. The van der Waals surface area contributed by atoms with Crippen LogP contribution in [0.15, 0.2) is 54.6 Å². The maximum Gasteiger partial charge on any atom is 0.343 e. The van der Waals surface area contributed by atoms with Crippen molar-refractivity contribution >= 4 is 5.97 Å². The molecule has 0 saturated heterocycles. The van der Waals surface area contributed by atoms with E-state index in [0.717, 1.165) is 38.2 Å². The Balaban J connectivity index is 1.45. The molecule has 1 saturated carbocycles. The van der Waals surface area contributed by atoms with Gasteiger partial charge in [-0.25, -0.2) is 18.0 Å². The molecule has 0 bridgehead atoms. The molecular weight excluding hydrogens is 465 g/mol. The monoisotopic (exact) mass is 496 g/mol. The van der Waals surface area contributed by atoms with Gasteiger partial charge in [-0.3, -0.25) is 0 Å². The molecule has 4 rings (SSSR count). The lowest BCUT2D eigenvalue weighted by molar-refractivity contribution is 0.0734. The number of hydrogen-bond acceptors (Lipinski definition) is 3. The molecular formula is C30H31F3O3. The van der Waals surface area contributed by atoms with Gasteiger partial charge in [0.1, 0.15) is 5.75 Å². The Bertz CT molecular complexity index is 1200. The van der Waals surface area contributed by atoms with E-state index in [0.29, 0.717) is 23.7 Å². The lowest BCUT2D eigenvalue weighted by Crippen LogP contribution is -2.15. The number of esters is 1. The average Bonchev–Trinajstić information content (AvgIpc) is 2.88. The summed E-state index contributed by atoms with van der Waals surface area (Å²) in [6.45, 7) is 4.23. The molecule has 0 radical (unpaired) electrons. The zero-order valence-corrected chi connectivity index (χ0v) is 20.7. The highest BCUT2D eigenvalue weighted by molar-refractivity contribution is 5.91. The number of halogens is 3. The van der Waals surface area contributed by atoms with Crippen molar-refractivity contribution in [3.05, 3.63) is 83.2 Å². The van der Waals surface area contributed by atoms with Crippen LogP contribution in [0.2, 0.25) is 0 Å². The maximum absolute atomic E-state index is 15.1. The van der Waals surface area contributed by atoms with E-state index in [4.69, 9.17) is 9.47 Å². The highest BCUT2D eigenvalue weighted by Gasteiger charge is 2.26. The number of ether oxygens (including phenoxy) is 2. The van der Waals surface area contributed by atoms with E-state index in [1.807, 2.05) is 0 Å². The van der Waals surface area contributed by atoms with Gasteiger partial charge < -0.3 is 9.47 Å². The predicted molar refractivity (Wildman–Crippen MR) is 134 cm³/mol. The van der Waals surface area contributed by atoms with Gasteiger partial charge in [0.05, 0.1) is 12.2 Å². The van der Waals surface area contributed by atoms with Crippen LogP contribution in [0.1, 0.15) is 74.2 Å². The van der Waals surface area contributed by atoms with Crippen LogP contribution in [0.5, 0.6) is 11.5 Å². The molecule has 0 atom stereocenters. The molecule has 3 aromatic rings. The van der Waals surface area contributed by atoms with E-state index < -0.39 is 23.4 Å². The summed E-state index contributed by atoms with van der Waals surface area (Å²) < 4.78 is 54.5. The summed E-state index contributed by atoms with van der Waals surface area (Å²) in [6, 6.07) is 13.3. The quantitative estimate of drug-likeness (QED) is 0.232. The van der Waals surface area contributed by atoms with Crippen LogP contribution in [0.25, 0.3) is 11.1 Å². The predicted octanol–water partition coefficient (Wildman–Crippen LogP) is 8.46. The summed E-state index contributed by atoms with van der Waals surface area (Å²) in [4.78, 5) is 12.5. The van der Waals surface area contributed by atoms with Gasteiger partial charge in [-0.2, -0.15) is 0 Å². The van der Waals surface area contributed by atoms with Crippen molar-refractivity contribution in [3.8, 4) is 22.6 Å². The molecule has 0 spiro atoms. The van der Waals surface area contributed by atoms with Crippen LogP contribution in [-0.2, 0) is 0 Å². The van der Waals surface area contributed by atoms with Crippen molar-refractivity contribution in [2.75, 3.05) is 6.61 Å². The molecule has 3 aromatic carbocycles. The second kappa shape index (κ2) is 11.6. The van der Waals surface area contributed by atoms with E-state index >= 15 is 8.78 Å². The molecule has 0 N–H and O–H groups in total. The van der Waals surface area contributed by atoms with Gasteiger partial charge in [0, 0.05) is 11.6 Å². The van der Waals surface area contributed by atoms with Crippen LogP contribution in [0, 0.1) is 23.4 Å². The summed E-state index contributed by atoms with van der Waals surface area (Å²) >= 11 is 0.